The lowest BCUT2D eigenvalue weighted by Gasteiger charge is -2.14. The molecule has 0 radical (unpaired) electrons. The van der Waals surface area contributed by atoms with Crippen LogP contribution in [0.2, 0.25) is 5.02 Å². The second-order valence-corrected chi connectivity index (χ2v) is 8.55. The standard InChI is InChI=1S/C22H19ClN2O3S2/c23-16-11-12-18(26)17(14-16)24-20(27)10-5-13-25-21(28)19(30-22(25)29)9-4-8-15-6-2-1-3-7-15/h1-4,6-9,11-12,14,26H,5,10,13H2,(H,24,27)/b8-4+,19-9-. The first-order valence-corrected chi connectivity index (χ1v) is 10.8. The monoisotopic (exact) mass is 458 g/mol. The molecule has 5 nitrogen and oxygen atoms in total. The van der Waals surface area contributed by atoms with E-state index in [2.05, 4.69) is 5.32 Å². The summed E-state index contributed by atoms with van der Waals surface area (Å²) >= 11 is 12.4. The Labute approximate surface area is 189 Å². The van der Waals surface area contributed by atoms with Gasteiger partial charge in [0, 0.05) is 18.0 Å². The van der Waals surface area contributed by atoms with Gasteiger partial charge in [0.15, 0.2) is 0 Å². The molecule has 1 saturated heterocycles. The lowest BCUT2D eigenvalue weighted by molar-refractivity contribution is -0.122. The fourth-order valence-corrected chi connectivity index (χ4v) is 4.17. The summed E-state index contributed by atoms with van der Waals surface area (Å²) in [6.45, 7) is 0.347. The van der Waals surface area contributed by atoms with Gasteiger partial charge in [0.1, 0.15) is 10.1 Å². The number of aromatic hydroxyl groups is 1. The highest BCUT2D eigenvalue weighted by molar-refractivity contribution is 8.26. The topological polar surface area (TPSA) is 69.6 Å². The molecule has 2 amide bonds. The van der Waals surface area contributed by atoms with E-state index in [-0.39, 0.29) is 29.7 Å². The predicted molar refractivity (Wildman–Crippen MR) is 126 cm³/mol. The number of carbonyl (C=O) groups is 2. The van der Waals surface area contributed by atoms with Gasteiger partial charge < -0.3 is 10.4 Å². The quantitative estimate of drug-likeness (QED) is 0.338. The van der Waals surface area contributed by atoms with E-state index in [0.29, 0.717) is 27.2 Å². The van der Waals surface area contributed by atoms with Gasteiger partial charge in [-0.15, -0.1) is 0 Å². The van der Waals surface area contributed by atoms with Crippen molar-refractivity contribution in [3.05, 3.63) is 76.2 Å². The second-order valence-electron chi connectivity index (χ2n) is 6.44. The molecule has 0 aromatic heterocycles. The Hall–Kier alpha value is -2.61. The highest BCUT2D eigenvalue weighted by Gasteiger charge is 2.31. The summed E-state index contributed by atoms with van der Waals surface area (Å²) in [5, 5.41) is 12.8. The summed E-state index contributed by atoms with van der Waals surface area (Å²) in [4.78, 5) is 26.8. The van der Waals surface area contributed by atoms with Gasteiger partial charge in [0.05, 0.1) is 10.6 Å². The van der Waals surface area contributed by atoms with E-state index in [0.717, 1.165) is 5.56 Å². The highest BCUT2D eigenvalue weighted by Crippen LogP contribution is 2.31. The number of carbonyl (C=O) groups excluding carboxylic acids is 2. The van der Waals surface area contributed by atoms with Crippen LogP contribution in [0.3, 0.4) is 0 Å². The molecule has 1 heterocycles. The number of allylic oxidation sites excluding steroid dienone is 2. The lowest BCUT2D eigenvalue weighted by Crippen LogP contribution is -2.29. The molecule has 0 atom stereocenters. The van der Waals surface area contributed by atoms with Gasteiger partial charge in [-0.1, -0.05) is 78.1 Å². The van der Waals surface area contributed by atoms with Crippen molar-refractivity contribution in [2.75, 3.05) is 11.9 Å². The molecule has 8 heteroatoms. The molecule has 0 spiro atoms. The number of nitrogens with one attached hydrogen (secondary N) is 1. The van der Waals surface area contributed by atoms with E-state index in [1.54, 1.807) is 6.08 Å². The van der Waals surface area contributed by atoms with Crippen LogP contribution in [0.15, 0.2) is 65.6 Å². The van der Waals surface area contributed by atoms with Crippen LogP contribution in [0.4, 0.5) is 5.69 Å². The number of benzene rings is 2. The average Bonchev–Trinajstić information content (AvgIpc) is 2.99. The third kappa shape index (κ3) is 5.95. The van der Waals surface area contributed by atoms with Gasteiger partial charge in [-0.05, 0) is 36.3 Å². The Bertz CT molecular complexity index is 1020. The van der Waals surface area contributed by atoms with Crippen LogP contribution >= 0.6 is 35.6 Å². The zero-order valence-electron chi connectivity index (χ0n) is 15.9. The molecule has 0 aliphatic carbocycles. The van der Waals surface area contributed by atoms with Crippen LogP contribution in [0.25, 0.3) is 6.08 Å². The SMILES string of the molecule is O=C(CCCN1C(=O)/C(=C/C=C/c2ccccc2)SC1=S)Nc1cc(Cl)ccc1O. The molecule has 2 aromatic carbocycles. The van der Waals surface area contributed by atoms with E-state index in [4.69, 9.17) is 23.8 Å². The number of rotatable bonds is 7. The Balaban J connectivity index is 1.50. The minimum Gasteiger partial charge on any atom is -0.506 e. The number of thioether (sulfide) groups is 1. The Morgan fingerprint density at radius 1 is 1.23 bits per heavy atom. The Kier molecular flexibility index (Phi) is 7.68. The number of anilines is 1. The molecule has 0 unspecified atom stereocenters. The number of phenols is 1. The normalized spacial score (nSPS) is 15.4. The van der Waals surface area contributed by atoms with Crippen LogP contribution in [0.1, 0.15) is 18.4 Å². The van der Waals surface area contributed by atoms with Gasteiger partial charge in [-0.25, -0.2) is 0 Å². The maximum absolute atomic E-state index is 12.6. The molecule has 0 saturated carbocycles. The minimum absolute atomic E-state index is 0.0571. The number of nitrogens with zero attached hydrogens (tertiary/aromatic N) is 1. The van der Waals surface area contributed by atoms with Crippen molar-refractivity contribution in [1.29, 1.82) is 0 Å². The predicted octanol–water partition coefficient (Wildman–Crippen LogP) is 5.22. The molecule has 1 aliphatic heterocycles. The van der Waals surface area contributed by atoms with Crippen LogP contribution in [0, 0.1) is 0 Å². The highest BCUT2D eigenvalue weighted by atomic mass is 35.5. The molecular formula is C22H19ClN2O3S2. The van der Waals surface area contributed by atoms with E-state index in [1.807, 2.05) is 42.5 Å². The van der Waals surface area contributed by atoms with Crippen LogP contribution in [-0.4, -0.2) is 32.7 Å². The fourth-order valence-electron chi connectivity index (χ4n) is 2.74. The lowest BCUT2D eigenvalue weighted by atomic mass is 10.2. The van der Waals surface area contributed by atoms with Gasteiger partial charge in [0.25, 0.3) is 5.91 Å². The molecule has 2 aromatic rings. The fraction of sp³-hybridized carbons (Fsp3) is 0.136. The maximum Gasteiger partial charge on any atom is 0.266 e. The smallest absolute Gasteiger partial charge is 0.266 e. The largest absolute Gasteiger partial charge is 0.506 e. The molecule has 2 N–H and O–H groups in total. The van der Waals surface area contributed by atoms with Crippen LogP contribution in [0.5, 0.6) is 5.75 Å². The van der Waals surface area contributed by atoms with Crippen molar-refractivity contribution in [3.63, 3.8) is 0 Å². The first kappa shape index (κ1) is 22.1. The molecular weight excluding hydrogens is 440 g/mol. The van der Waals surface area contributed by atoms with E-state index in [9.17, 15) is 14.7 Å². The summed E-state index contributed by atoms with van der Waals surface area (Å²) in [7, 11) is 0. The molecule has 1 aliphatic rings. The zero-order chi connectivity index (χ0) is 21.5. The first-order valence-electron chi connectivity index (χ1n) is 9.19. The van der Waals surface area contributed by atoms with Crippen molar-refractivity contribution in [2.45, 2.75) is 12.8 Å². The first-order chi connectivity index (χ1) is 14.4. The van der Waals surface area contributed by atoms with Crippen molar-refractivity contribution >= 4 is 63.5 Å². The molecule has 1 fully saturated rings. The summed E-state index contributed by atoms with van der Waals surface area (Å²) < 4.78 is 0.479. The summed E-state index contributed by atoms with van der Waals surface area (Å²) in [6.07, 6.45) is 6.11. The average molecular weight is 459 g/mol. The van der Waals surface area contributed by atoms with Crippen molar-refractivity contribution < 1.29 is 14.7 Å². The Morgan fingerprint density at radius 3 is 2.77 bits per heavy atom. The minimum atomic E-state index is -0.278. The summed E-state index contributed by atoms with van der Waals surface area (Å²) in [6, 6.07) is 14.2. The van der Waals surface area contributed by atoms with Crippen molar-refractivity contribution in [1.82, 2.24) is 4.90 Å². The summed E-state index contributed by atoms with van der Waals surface area (Å²) in [5.74, 6) is -0.492. The van der Waals surface area contributed by atoms with Crippen LogP contribution < -0.4 is 5.32 Å². The Morgan fingerprint density at radius 2 is 2.00 bits per heavy atom. The number of thiocarbonyl (C=S) groups is 1. The molecule has 154 valence electrons. The van der Waals surface area contributed by atoms with E-state index in [1.165, 1.54) is 34.9 Å². The van der Waals surface area contributed by atoms with Gasteiger partial charge >= 0.3 is 0 Å². The number of amides is 2. The molecule has 0 bridgehead atoms. The number of hydrogen-bond acceptors (Lipinski definition) is 5. The molecule has 3 rings (SSSR count). The maximum atomic E-state index is 12.6. The van der Waals surface area contributed by atoms with Gasteiger partial charge in [-0.2, -0.15) is 0 Å². The van der Waals surface area contributed by atoms with Gasteiger partial charge in [-0.3, -0.25) is 14.5 Å². The third-order valence-electron chi connectivity index (χ3n) is 4.23. The van der Waals surface area contributed by atoms with Crippen molar-refractivity contribution in [2.24, 2.45) is 0 Å². The van der Waals surface area contributed by atoms with Gasteiger partial charge in [0.2, 0.25) is 5.91 Å². The second kappa shape index (κ2) is 10.4. The van der Waals surface area contributed by atoms with Crippen molar-refractivity contribution in [3.8, 4) is 5.75 Å². The number of halogens is 1. The number of hydrogen-bond donors (Lipinski definition) is 2. The third-order valence-corrected chi connectivity index (χ3v) is 5.86. The zero-order valence-corrected chi connectivity index (χ0v) is 18.3. The van der Waals surface area contributed by atoms with Crippen LogP contribution in [-0.2, 0) is 9.59 Å². The molecule has 30 heavy (non-hydrogen) atoms. The van der Waals surface area contributed by atoms with E-state index >= 15 is 0 Å². The number of phenolic OH excluding ortho intramolecular Hbond substituents is 1. The summed E-state index contributed by atoms with van der Waals surface area (Å²) in [5.41, 5.74) is 1.30. The van der Waals surface area contributed by atoms with E-state index < -0.39 is 0 Å².